The summed E-state index contributed by atoms with van der Waals surface area (Å²) >= 11 is 17.8. The zero-order valence-corrected chi connectivity index (χ0v) is 17.6. The van der Waals surface area contributed by atoms with Crippen LogP contribution in [0.3, 0.4) is 0 Å². The van der Waals surface area contributed by atoms with Crippen molar-refractivity contribution < 1.29 is 9.57 Å². The summed E-state index contributed by atoms with van der Waals surface area (Å²) in [6, 6.07) is 3.11. The molecule has 140 valence electrons. The maximum absolute atomic E-state index is 6.04. The highest BCUT2D eigenvalue weighted by atomic mass is 79.9. The van der Waals surface area contributed by atoms with Crippen molar-refractivity contribution in [2.45, 2.75) is 25.9 Å². The Hall–Kier alpha value is -0.930. The third-order valence-electron chi connectivity index (χ3n) is 3.06. The van der Waals surface area contributed by atoms with Gasteiger partial charge in [-0.3, -0.25) is 4.84 Å². The molecule has 0 aliphatic carbocycles. The smallest absolute Gasteiger partial charge is 0.226 e. The SMILES string of the molecule is Br.CC1(C)N=C(N)N=C(N)N1OCCCOc1cc(Cl)c(Cl)cc1Cl. The second kappa shape index (κ2) is 9.14. The van der Waals surface area contributed by atoms with Crippen LogP contribution in [0, 0.1) is 0 Å². The maximum Gasteiger partial charge on any atom is 0.226 e. The van der Waals surface area contributed by atoms with Crippen molar-refractivity contribution in [1.82, 2.24) is 5.06 Å². The third kappa shape index (κ3) is 5.79. The summed E-state index contributed by atoms with van der Waals surface area (Å²) in [7, 11) is 0. The molecule has 1 aromatic carbocycles. The highest BCUT2D eigenvalue weighted by molar-refractivity contribution is 8.93. The molecule has 7 nitrogen and oxygen atoms in total. The van der Waals surface area contributed by atoms with E-state index in [1.54, 1.807) is 6.07 Å². The second-order valence-corrected chi connectivity index (χ2v) is 6.68. The van der Waals surface area contributed by atoms with Crippen molar-refractivity contribution in [1.29, 1.82) is 0 Å². The third-order valence-corrected chi connectivity index (χ3v) is 4.08. The number of rotatable bonds is 6. The molecule has 0 radical (unpaired) electrons. The zero-order chi connectivity index (χ0) is 17.9. The molecule has 0 amide bonds. The number of nitrogens with two attached hydrogens (primary N) is 2. The number of hydrogen-bond donors (Lipinski definition) is 2. The van der Waals surface area contributed by atoms with Gasteiger partial charge < -0.3 is 16.2 Å². The van der Waals surface area contributed by atoms with Gasteiger partial charge in [0.1, 0.15) is 5.75 Å². The Morgan fingerprint density at radius 2 is 1.72 bits per heavy atom. The summed E-state index contributed by atoms with van der Waals surface area (Å²) in [5, 5.41) is 2.56. The lowest BCUT2D eigenvalue weighted by atomic mass is 10.2. The first-order chi connectivity index (χ1) is 11.2. The monoisotopic (exact) mass is 473 g/mol. The molecule has 11 heteroatoms. The number of hydrogen-bond acceptors (Lipinski definition) is 7. The molecule has 1 heterocycles. The Morgan fingerprint density at radius 3 is 2.36 bits per heavy atom. The van der Waals surface area contributed by atoms with Gasteiger partial charge in [0.15, 0.2) is 5.66 Å². The summed E-state index contributed by atoms with van der Waals surface area (Å²) in [6.07, 6.45) is 0.579. The molecule has 1 aromatic rings. The molecule has 0 aromatic heterocycles. The normalized spacial score (nSPS) is 16.0. The Bertz CT molecular complexity index is 685. The highest BCUT2D eigenvalue weighted by Gasteiger charge is 2.32. The number of nitrogens with zero attached hydrogens (tertiary/aromatic N) is 3. The Labute approximate surface area is 171 Å². The van der Waals surface area contributed by atoms with Gasteiger partial charge in [0.25, 0.3) is 0 Å². The van der Waals surface area contributed by atoms with Crippen LogP contribution in [-0.4, -0.2) is 35.9 Å². The number of guanidine groups is 2. The van der Waals surface area contributed by atoms with Crippen molar-refractivity contribution >= 4 is 63.7 Å². The van der Waals surface area contributed by atoms with E-state index in [1.807, 2.05) is 13.8 Å². The van der Waals surface area contributed by atoms with E-state index in [1.165, 1.54) is 11.1 Å². The quantitative estimate of drug-likeness (QED) is 0.484. The van der Waals surface area contributed by atoms with Gasteiger partial charge in [-0.2, -0.15) is 10.1 Å². The predicted octanol–water partition coefficient (Wildman–Crippen LogP) is 3.61. The van der Waals surface area contributed by atoms with E-state index in [9.17, 15) is 0 Å². The van der Waals surface area contributed by atoms with Crippen LogP contribution in [0.15, 0.2) is 22.1 Å². The number of aliphatic imine (C=N–C) groups is 2. The van der Waals surface area contributed by atoms with Crippen LogP contribution in [0.5, 0.6) is 5.75 Å². The van der Waals surface area contributed by atoms with Crippen molar-refractivity contribution in [2.24, 2.45) is 21.5 Å². The van der Waals surface area contributed by atoms with Crippen LogP contribution < -0.4 is 16.2 Å². The van der Waals surface area contributed by atoms with Crippen molar-refractivity contribution in [3.05, 3.63) is 27.2 Å². The largest absolute Gasteiger partial charge is 0.492 e. The minimum Gasteiger partial charge on any atom is -0.492 e. The molecular weight excluding hydrogens is 456 g/mol. The molecule has 0 fully saturated rings. The maximum atomic E-state index is 6.04. The van der Waals surface area contributed by atoms with E-state index in [-0.39, 0.29) is 28.9 Å². The average molecular weight is 476 g/mol. The van der Waals surface area contributed by atoms with E-state index in [2.05, 4.69) is 9.98 Å². The Morgan fingerprint density at radius 1 is 1.08 bits per heavy atom. The van der Waals surface area contributed by atoms with Crippen molar-refractivity contribution in [3.63, 3.8) is 0 Å². The highest BCUT2D eigenvalue weighted by Crippen LogP contribution is 2.33. The molecule has 1 aliphatic heterocycles. The first-order valence-electron chi connectivity index (χ1n) is 7.10. The molecule has 0 spiro atoms. The van der Waals surface area contributed by atoms with E-state index in [0.717, 1.165) is 0 Å². The van der Waals surface area contributed by atoms with Crippen LogP contribution in [0.4, 0.5) is 0 Å². The molecule has 25 heavy (non-hydrogen) atoms. The van der Waals surface area contributed by atoms with E-state index in [0.29, 0.717) is 40.5 Å². The van der Waals surface area contributed by atoms with Crippen molar-refractivity contribution in [3.8, 4) is 5.75 Å². The summed E-state index contributed by atoms with van der Waals surface area (Å²) in [5.74, 6) is 0.735. The molecule has 0 unspecified atom stereocenters. The molecular formula is C14H19BrCl3N5O2. The van der Waals surface area contributed by atoms with Crippen LogP contribution in [0.2, 0.25) is 15.1 Å². The van der Waals surface area contributed by atoms with Gasteiger partial charge in [0.05, 0.1) is 28.3 Å². The van der Waals surface area contributed by atoms with Gasteiger partial charge in [-0.05, 0) is 19.9 Å². The first-order valence-corrected chi connectivity index (χ1v) is 8.24. The molecule has 0 atom stereocenters. The zero-order valence-electron chi connectivity index (χ0n) is 13.6. The molecule has 1 aliphatic rings. The summed E-state index contributed by atoms with van der Waals surface area (Å²) in [5.41, 5.74) is 10.7. The topological polar surface area (TPSA) is 98.5 Å². The fourth-order valence-electron chi connectivity index (χ4n) is 2.03. The van der Waals surface area contributed by atoms with Crippen LogP contribution in [-0.2, 0) is 4.84 Å². The molecule has 2 rings (SSSR count). The van der Waals surface area contributed by atoms with Crippen molar-refractivity contribution in [2.75, 3.05) is 13.2 Å². The lowest BCUT2D eigenvalue weighted by Crippen LogP contribution is -2.53. The Kier molecular flexibility index (Phi) is 8.08. The fourth-order valence-corrected chi connectivity index (χ4v) is 2.62. The lowest BCUT2D eigenvalue weighted by Gasteiger charge is -2.36. The number of ether oxygens (including phenoxy) is 1. The minimum absolute atomic E-state index is 0. The summed E-state index contributed by atoms with van der Waals surface area (Å²) in [4.78, 5) is 13.7. The van der Waals surface area contributed by atoms with E-state index in [4.69, 9.17) is 55.8 Å². The summed E-state index contributed by atoms with van der Waals surface area (Å²) in [6.45, 7) is 4.34. The van der Waals surface area contributed by atoms with Crippen LogP contribution in [0.1, 0.15) is 20.3 Å². The molecule has 4 N–H and O–H groups in total. The second-order valence-electron chi connectivity index (χ2n) is 5.46. The van der Waals surface area contributed by atoms with E-state index >= 15 is 0 Å². The summed E-state index contributed by atoms with van der Waals surface area (Å²) < 4.78 is 5.58. The lowest BCUT2D eigenvalue weighted by molar-refractivity contribution is -0.158. The predicted molar refractivity (Wildman–Crippen MR) is 107 cm³/mol. The average Bonchev–Trinajstić information content (AvgIpc) is 2.45. The Balaban J connectivity index is 0.00000312. The van der Waals surface area contributed by atoms with Gasteiger partial charge in [-0.15, -0.1) is 17.0 Å². The van der Waals surface area contributed by atoms with Gasteiger partial charge in [-0.1, -0.05) is 34.8 Å². The van der Waals surface area contributed by atoms with E-state index < -0.39 is 5.66 Å². The number of benzene rings is 1. The van der Waals surface area contributed by atoms with Gasteiger partial charge in [0, 0.05) is 12.5 Å². The first kappa shape index (κ1) is 22.1. The number of hydroxylamine groups is 2. The van der Waals surface area contributed by atoms with Gasteiger partial charge >= 0.3 is 0 Å². The van der Waals surface area contributed by atoms with Crippen LogP contribution >= 0.6 is 51.8 Å². The molecule has 0 saturated heterocycles. The van der Waals surface area contributed by atoms with Gasteiger partial charge in [0.2, 0.25) is 11.9 Å². The van der Waals surface area contributed by atoms with Crippen LogP contribution in [0.25, 0.3) is 0 Å². The number of halogens is 4. The molecule has 0 bridgehead atoms. The molecule has 0 saturated carbocycles. The fraction of sp³-hybridized carbons (Fsp3) is 0.429. The minimum atomic E-state index is -0.732. The van der Waals surface area contributed by atoms with Gasteiger partial charge in [-0.25, -0.2) is 4.99 Å². The standard InChI is InChI=1S/C14H18Cl3N5O2.BrH/c1-14(2)21-12(18)20-13(19)22(14)24-5-3-4-23-11-7-9(16)8(15)6-10(11)17;/h6-7H,3-5H2,1-2H3,(H4,18,19,20,21);1H.